The van der Waals surface area contributed by atoms with E-state index in [4.69, 9.17) is 11.6 Å². The summed E-state index contributed by atoms with van der Waals surface area (Å²) in [5.74, 6) is 0.993. The van der Waals surface area contributed by atoms with Crippen LogP contribution in [0.3, 0.4) is 0 Å². The summed E-state index contributed by atoms with van der Waals surface area (Å²) >= 11 is 6.09. The second-order valence-corrected chi connectivity index (χ2v) is 5.19. The molecule has 0 aliphatic carbocycles. The predicted octanol–water partition coefficient (Wildman–Crippen LogP) is 2.55. The van der Waals surface area contributed by atoms with Crippen molar-refractivity contribution in [3.63, 3.8) is 0 Å². The van der Waals surface area contributed by atoms with E-state index in [1.165, 1.54) is 19.3 Å². The lowest BCUT2D eigenvalue weighted by atomic mass is 10.0. The SMILES string of the molecule is CC1=CC(Cl)Nc2cc(C3CCCCN3)nn21. The first-order valence-corrected chi connectivity index (χ1v) is 6.60. The summed E-state index contributed by atoms with van der Waals surface area (Å²) in [6.07, 6.45) is 5.69. The van der Waals surface area contributed by atoms with Crippen LogP contribution in [0.1, 0.15) is 37.9 Å². The summed E-state index contributed by atoms with van der Waals surface area (Å²) in [4.78, 5) is 0. The molecule has 1 saturated heterocycles. The lowest BCUT2D eigenvalue weighted by molar-refractivity contribution is 0.404. The van der Waals surface area contributed by atoms with E-state index in [0.717, 1.165) is 23.8 Å². The Morgan fingerprint density at radius 3 is 3.12 bits per heavy atom. The standard InChI is InChI=1S/C12H17ClN4/c1-8-6-11(13)15-12-7-10(16-17(8)12)9-4-2-3-5-14-9/h6-7,9,11,14-15H,2-5H2,1H3. The number of nitrogens with zero attached hydrogens (tertiary/aromatic N) is 2. The Kier molecular flexibility index (Phi) is 2.84. The molecule has 0 radical (unpaired) electrons. The third-order valence-electron chi connectivity index (χ3n) is 3.40. The molecule has 2 aliphatic heterocycles. The van der Waals surface area contributed by atoms with Gasteiger partial charge >= 0.3 is 0 Å². The first-order valence-electron chi connectivity index (χ1n) is 6.17. The second-order valence-electron chi connectivity index (χ2n) is 4.72. The first kappa shape index (κ1) is 11.1. The number of hydrogen-bond acceptors (Lipinski definition) is 3. The van der Waals surface area contributed by atoms with Gasteiger partial charge in [-0.15, -0.1) is 0 Å². The number of hydrogen-bond donors (Lipinski definition) is 2. The van der Waals surface area contributed by atoms with Crippen LogP contribution in [-0.2, 0) is 0 Å². The number of halogens is 1. The lowest BCUT2D eigenvalue weighted by Gasteiger charge is -2.21. The van der Waals surface area contributed by atoms with E-state index >= 15 is 0 Å². The molecule has 2 unspecified atom stereocenters. The van der Waals surface area contributed by atoms with Gasteiger partial charge in [-0.2, -0.15) is 5.10 Å². The van der Waals surface area contributed by atoms with Crippen LogP contribution < -0.4 is 10.6 Å². The fourth-order valence-corrected chi connectivity index (χ4v) is 2.81. The Bertz CT molecular complexity index is 445. The molecule has 0 amide bonds. The molecule has 5 heteroatoms. The molecule has 92 valence electrons. The monoisotopic (exact) mass is 252 g/mol. The fourth-order valence-electron chi connectivity index (χ4n) is 2.51. The van der Waals surface area contributed by atoms with E-state index in [1.54, 1.807) is 0 Å². The molecule has 0 spiro atoms. The van der Waals surface area contributed by atoms with Crippen molar-refractivity contribution in [3.8, 4) is 0 Å². The highest BCUT2D eigenvalue weighted by Crippen LogP contribution is 2.29. The van der Waals surface area contributed by atoms with E-state index in [-0.39, 0.29) is 5.50 Å². The molecule has 2 N–H and O–H groups in total. The number of nitrogens with one attached hydrogen (secondary N) is 2. The van der Waals surface area contributed by atoms with Crippen molar-refractivity contribution in [1.29, 1.82) is 0 Å². The minimum absolute atomic E-state index is 0.133. The molecular formula is C12H17ClN4. The normalized spacial score (nSPS) is 28.2. The molecule has 3 heterocycles. The van der Waals surface area contributed by atoms with Crippen LogP contribution in [0.15, 0.2) is 12.1 Å². The molecule has 0 aromatic carbocycles. The highest BCUT2D eigenvalue weighted by atomic mass is 35.5. The number of allylic oxidation sites excluding steroid dienone is 1. The van der Waals surface area contributed by atoms with Gasteiger partial charge in [0.05, 0.1) is 11.7 Å². The van der Waals surface area contributed by atoms with E-state index in [2.05, 4.69) is 21.8 Å². The maximum absolute atomic E-state index is 6.09. The molecule has 17 heavy (non-hydrogen) atoms. The van der Waals surface area contributed by atoms with Gasteiger partial charge in [0, 0.05) is 11.8 Å². The molecule has 3 rings (SSSR count). The van der Waals surface area contributed by atoms with Crippen molar-refractivity contribution in [2.24, 2.45) is 0 Å². The first-order chi connectivity index (χ1) is 8.24. The summed E-state index contributed by atoms with van der Waals surface area (Å²) in [5.41, 5.74) is 2.07. The zero-order valence-corrected chi connectivity index (χ0v) is 10.7. The van der Waals surface area contributed by atoms with Gasteiger partial charge in [0.15, 0.2) is 0 Å². The van der Waals surface area contributed by atoms with Crippen molar-refractivity contribution in [2.75, 3.05) is 11.9 Å². The number of piperidine rings is 1. The van der Waals surface area contributed by atoms with E-state index in [9.17, 15) is 0 Å². The molecule has 0 bridgehead atoms. The summed E-state index contributed by atoms with van der Waals surface area (Å²) in [7, 11) is 0. The summed E-state index contributed by atoms with van der Waals surface area (Å²) in [6.45, 7) is 3.12. The van der Waals surface area contributed by atoms with Crippen LogP contribution in [0.4, 0.5) is 5.82 Å². The van der Waals surface area contributed by atoms with Crippen LogP contribution in [0, 0.1) is 0 Å². The molecule has 1 aromatic rings. The number of fused-ring (bicyclic) bond motifs is 1. The highest BCUT2D eigenvalue weighted by Gasteiger charge is 2.22. The van der Waals surface area contributed by atoms with Gasteiger partial charge in [0.25, 0.3) is 0 Å². The molecule has 1 fully saturated rings. The quantitative estimate of drug-likeness (QED) is 0.596. The van der Waals surface area contributed by atoms with Gasteiger partial charge in [-0.05, 0) is 32.4 Å². The van der Waals surface area contributed by atoms with Crippen molar-refractivity contribution in [1.82, 2.24) is 15.1 Å². The third-order valence-corrected chi connectivity index (χ3v) is 3.64. The number of alkyl halides is 1. The Morgan fingerprint density at radius 2 is 2.35 bits per heavy atom. The Hall–Kier alpha value is -1.00. The predicted molar refractivity (Wildman–Crippen MR) is 70.0 cm³/mol. The van der Waals surface area contributed by atoms with Crippen molar-refractivity contribution in [2.45, 2.75) is 37.7 Å². The van der Waals surface area contributed by atoms with Crippen LogP contribution in [0.5, 0.6) is 0 Å². The topological polar surface area (TPSA) is 41.9 Å². The van der Waals surface area contributed by atoms with Crippen LogP contribution >= 0.6 is 11.6 Å². The Labute approximate surface area is 106 Å². The Balaban J connectivity index is 1.89. The van der Waals surface area contributed by atoms with Gasteiger partial charge in [0.2, 0.25) is 0 Å². The van der Waals surface area contributed by atoms with Gasteiger partial charge in [-0.1, -0.05) is 18.0 Å². The minimum Gasteiger partial charge on any atom is -0.351 e. The smallest absolute Gasteiger partial charge is 0.131 e. The average Bonchev–Trinajstić information content (AvgIpc) is 2.74. The van der Waals surface area contributed by atoms with Crippen molar-refractivity contribution >= 4 is 23.1 Å². The zero-order chi connectivity index (χ0) is 11.8. The zero-order valence-electron chi connectivity index (χ0n) is 9.91. The van der Waals surface area contributed by atoms with Gasteiger partial charge in [0.1, 0.15) is 11.3 Å². The molecule has 1 aromatic heterocycles. The van der Waals surface area contributed by atoms with Crippen molar-refractivity contribution < 1.29 is 0 Å². The van der Waals surface area contributed by atoms with E-state index < -0.39 is 0 Å². The second kappa shape index (κ2) is 4.35. The molecule has 4 nitrogen and oxygen atoms in total. The van der Waals surface area contributed by atoms with E-state index in [0.29, 0.717) is 6.04 Å². The van der Waals surface area contributed by atoms with Gasteiger partial charge in [-0.3, -0.25) is 0 Å². The maximum atomic E-state index is 6.09. The average molecular weight is 253 g/mol. The minimum atomic E-state index is -0.133. The van der Waals surface area contributed by atoms with Crippen LogP contribution in [-0.4, -0.2) is 21.8 Å². The molecular weight excluding hydrogens is 236 g/mol. The summed E-state index contributed by atoms with van der Waals surface area (Å²) in [6, 6.07) is 2.50. The lowest BCUT2D eigenvalue weighted by Crippen LogP contribution is -2.27. The third kappa shape index (κ3) is 2.07. The fraction of sp³-hybridized carbons (Fsp3) is 0.583. The molecule has 2 aliphatic rings. The van der Waals surface area contributed by atoms with Gasteiger partial charge in [-0.25, -0.2) is 4.68 Å². The number of anilines is 1. The number of rotatable bonds is 1. The van der Waals surface area contributed by atoms with Crippen molar-refractivity contribution in [3.05, 3.63) is 17.8 Å². The van der Waals surface area contributed by atoms with Crippen LogP contribution in [0.25, 0.3) is 5.70 Å². The largest absolute Gasteiger partial charge is 0.351 e. The van der Waals surface area contributed by atoms with E-state index in [1.807, 2.05) is 17.7 Å². The summed E-state index contributed by atoms with van der Waals surface area (Å²) < 4.78 is 1.94. The highest BCUT2D eigenvalue weighted by molar-refractivity contribution is 6.23. The number of aromatic nitrogens is 2. The molecule has 0 saturated carbocycles. The molecule has 2 atom stereocenters. The summed E-state index contributed by atoms with van der Waals surface area (Å²) in [5, 5.41) is 11.4. The van der Waals surface area contributed by atoms with Crippen LogP contribution in [0.2, 0.25) is 0 Å². The van der Waals surface area contributed by atoms with Gasteiger partial charge < -0.3 is 10.6 Å². The maximum Gasteiger partial charge on any atom is 0.131 e. The Morgan fingerprint density at radius 1 is 1.47 bits per heavy atom.